The Labute approximate surface area is 114 Å². The summed E-state index contributed by atoms with van der Waals surface area (Å²) in [5.41, 5.74) is -0.532. The van der Waals surface area contributed by atoms with E-state index in [-0.39, 0.29) is 16.7 Å². The molecule has 4 atom stereocenters. The first-order valence-corrected chi connectivity index (χ1v) is 7.17. The molecule has 1 fully saturated rings. The highest BCUT2D eigenvalue weighted by Gasteiger charge is 2.41. The molecule has 0 spiro atoms. The summed E-state index contributed by atoms with van der Waals surface area (Å²) in [7, 11) is 1.87. The third kappa shape index (κ3) is 2.42. The van der Waals surface area contributed by atoms with Crippen LogP contribution in [0.1, 0.15) is 39.5 Å². The van der Waals surface area contributed by atoms with Crippen LogP contribution in [-0.2, 0) is 0 Å². The van der Waals surface area contributed by atoms with Gasteiger partial charge in [-0.15, -0.1) is 0 Å². The van der Waals surface area contributed by atoms with Crippen molar-refractivity contribution in [2.24, 2.45) is 16.3 Å². The molecule has 98 valence electrons. The van der Waals surface area contributed by atoms with Crippen molar-refractivity contribution in [1.82, 2.24) is 10.2 Å². The number of nitrogens with one attached hydrogen (secondary N) is 1. The molecule has 17 heavy (non-hydrogen) atoms. The van der Waals surface area contributed by atoms with E-state index in [1.165, 1.54) is 19.3 Å². The van der Waals surface area contributed by atoms with Gasteiger partial charge in [0, 0.05) is 5.41 Å². The lowest BCUT2D eigenvalue weighted by Crippen LogP contribution is -2.56. The lowest BCUT2D eigenvalue weighted by atomic mass is 9.67. The van der Waals surface area contributed by atoms with Crippen molar-refractivity contribution in [2.45, 2.75) is 50.8 Å². The molecule has 1 heterocycles. The van der Waals surface area contributed by atoms with E-state index >= 15 is 0 Å². The summed E-state index contributed by atoms with van der Waals surface area (Å²) in [5.74, 6) is 1.61. The fourth-order valence-corrected chi connectivity index (χ4v) is 3.21. The summed E-state index contributed by atoms with van der Waals surface area (Å²) in [5, 5.41) is 3.29. The summed E-state index contributed by atoms with van der Waals surface area (Å²) < 4.78 is 0. The van der Waals surface area contributed by atoms with Crippen molar-refractivity contribution >= 4 is 29.0 Å². The molecule has 1 aliphatic heterocycles. The Bertz CT molecular complexity index is 321. The maximum atomic E-state index is 6.24. The van der Waals surface area contributed by atoms with Crippen molar-refractivity contribution in [3.05, 3.63) is 0 Å². The Hall–Kier alpha value is 0.01000. The number of hydrogen-bond donors (Lipinski definition) is 1. The molecule has 0 aromatic rings. The molecular weight excluding hydrogens is 257 g/mol. The van der Waals surface area contributed by atoms with Crippen molar-refractivity contribution in [2.75, 3.05) is 7.05 Å². The normalized spacial score (nSPS) is 44.1. The highest BCUT2D eigenvalue weighted by molar-refractivity contribution is 6.24. The Morgan fingerprint density at radius 2 is 2.12 bits per heavy atom. The monoisotopic (exact) mass is 277 g/mol. The zero-order valence-corrected chi connectivity index (χ0v) is 12.2. The molecule has 0 bridgehead atoms. The molecule has 2 rings (SSSR count). The Morgan fingerprint density at radius 3 is 2.71 bits per heavy atom. The van der Waals surface area contributed by atoms with Gasteiger partial charge in [0.1, 0.15) is 5.84 Å². The summed E-state index contributed by atoms with van der Waals surface area (Å²) in [6.07, 6.45) is 5.00. The van der Waals surface area contributed by atoms with Gasteiger partial charge < -0.3 is 5.32 Å². The third-order valence-corrected chi connectivity index (χ3v) is 5.22. The van der Waals surface area contributed by atoms with Gasteiger partial charge in [-0.25, -0.2) is 9.89 Å². The molecule has 1 N–H and O–H groups in total. The zero-order chi connectivity index (χ0) is 12.6. The van der Waals surface area contributed by atoms with E-state index < -0.39 is 0 Å². The number of amidine groups is 1. The van der Waals surface area contributed by atoms with Crippen LogP contribution in [0.25, 0.3) is 0 Å². The van der Waals surface area contributed by atoms with Gasteiger partial charge in [-0.3, -0.25) is 0 Å². The second-order valence-electron chi connectivity index (χ2n) is 5.50. The van der Waals surface area contributed by atoms with Crippen LogP contribution in [0.5, 0.6) is 0 Å². The second kappa shape index (κ2) is 4.94. The first kappa shape index (κ1) is 13.4. The van der Waals surface area contributed by atoms with Gasteiger partial charge in [0.25, 0.3) is 0 Å². The van der Waals surface area contributed by atoms with Crippen LogP contribution in [-0.4, -0.2) is 29.0 Å². The Balaban J connectivity index is 2.24. The number of alkyl halides is 2. The first-order chi connectivity index (χ1) is 7.95. The minimum atomic E-state index is -0.361. The molecule has 0 radical (unpaired) electrons. The molecule has 0 amide bonds. The molecule has 4 unspecified atom stereocenters. The quantitative estimate of drug-likeness (QED) is 0.589. The van der Waals surface area contributed by atoms with Gasteiger partial charge in [-0.05, 0) is 25.8 Å². The van der Waals surface area contributed by atoms with Crippen LogP contribution < -0.4 is 5.32 Å². The lowest BCUT2D eigenvalue weighted by molar-refractivity contribution is 0.185. The minimum Gasteiger partial charge on any atom is -0.345 e. The molecule has 1 aliphatic carbocycles. The molecule has 0 aromatic heterocycles. The number of hydrogen-bond acceptors (Lipinski definition) is 3. The van der Waals surface area contributed by atoms with Crippen LogP contribution in [0.15, 0.2) is 4.99 Å². The fraction of sp³-hybridized carbons (Fsp3) is 0.917. The predicted molar refractivity (Wildman–Crippen MR) is 73.4 cm³/mol. The zero-order valence-electron chi connectivity index (χ0n) is 10.7. The van der Waals surface area contributed by atoms with Crippen molar-refractivity contribution in [1.29, 1.82) is 0 Å². The van der Waals surface area contributed by atoms with E-state index in [0.717, 1.165) is 12.3 Å². The minimum absolute atomic E-state index is 0.0970. The topological polar surface area (TPSA) is 27.6 Å². The predicted octanol–water partition coefficient (Wildman–Crippen LogP) is 3.18. The van der Waals surface area contributed by atoms with Crippen LogP contribution in [0.2, 0.25) is 0 Å². The second-order valence-corrected chi connectivity index (χ2v) is 6.30. The highest BCUT2D eigenvalue weighted by atomic mass is 35.5. The van der Waals surface area contributed by atoms with Crippen molar-refractivity contribution in [3.63, 3.8) is 0 Å². The average Bonchev–Trinajstić information content (AvgIpc) is 2.29. The van der Waals surface area contributed by atoms with E-state index in [1.54, 1.807) is 0 Å². The maximum Gasteiger partial charge on any atom is 0.182 e. The molecule has 3 nitrogen and oxygen atoms in total. The molecule has 2 aliphatic rings. The average molecular weight is 278 g/mol. The highest BCUT2D eigenvalue weighted by Crippen LogP contribution is 2.42. The standard InChI is InChI=1S/C12H21Cl2N3/c1-8-6-4-5-7-12(8,2)9-15-10(13)17(3)11(14)16-9/h8,10-11H,4-7H2,1-3H3,(H,15,16). The summed E-state index contributed by atoms with van der Waals surface area (Å²) in [4.78, 5) is 6.38. The van der Waals surface area contributed by atoms with Crippen LogP contribution in [0, 0.1) is 11.3 Å². The Morgan fingerprint density at radius 1 is 1.41 bits per heavy atom. The van der Waals surface area contributed by atoms with E-state index in [2.05, 4.69) is 24.2 Å². The Kier molecular flexibility index (Phi) is 3.91. The fourth-order valence-electron chi connectivity index (χ4n) is 2.73. The summed E-state index contributed by atoms with van der Waals surface area (Å²) in [6, 6.07) is 0. The lowest BCUT2D eigenvalue weighted by Gasteiger charge is -2.44. The first-order valence-electron chi connectivity index (χ1n) is 6.30. The molecule has 5 heteroatoms. The summed E-state index contributed by atoms with van der Waals surface area (Å²) in [6.45, 7) is 4.58. The number of halogens is 2. The van der Waals surface area contributed by atoms with E-state index in [0.29, 0.717) is 5.92 Å². The number of rotatable bonds is 1. The van der Waals surface area contributed by atoms with E-state index in [1.807, 2.05) is 11.9 Å². The molecule has 0 saturated heterocycles. The molecule has 0 aromatic carbocycles. The van der Waals surface area contributed by atoms with Gasteiger partial charge in [0.15, 0.2) is 11.2 Å². The van der Waals surface area contributed by atoms with Crippen molar-refractivity contribution in [3.8, 4) is 0 Å². The van der Waals surface area contributed by atoms with Gasteiger partial charge in [0.05, 0.1) is 0 Å². The third-order valence-electron chi connectivity index (χ3n) is 4.40. The van der Waals surface area contributed by atoms with Gasteiger partial charge in [-0.2, -0.15) is 0 Å². The molecule has 1 saturated carbocycles. The van der Waals surface area contributed by atoms with E-state index in [4.69, 9.17) is 23.2 Å². The molecular formula is C12H21Cl2N3. The maximum absolute atomic E-state index is 6.24. The largest absolute Gasteiger partial charge is 0.345 e. The van der Waals surface area contributed by atoms with Gasteiger partial charge >= 0.3 is 0 Å². The smallest absolute Gasteiger partial charge is 0.182 e. The van der Waals surface area contributed by atoms with Gasteiger partial charge in [-0.1, -0.05) is 49.9 Å². The van der Waals surface area contributed by atoms with Crippen molar-refractivity contribution < 1.29 is 0 Å². The van der Waals surface area contributed by atoms with E-state index in [9.17, 15) is 0 Å². The SMILES string of the molecule is CC1CCCCC1(C)C1=NC(Cl)N(C)C(Cl)N1. The number of aliphatic imine (C=N–C) groups is 1. The van der Waals surface area contributed by atoms with Crippen LogP contribution in [0.4, 0.5) is 0 Å². The van der Waals surface area contributed by atoms with Gasteiger partial charge in [0.2, 0.25) is 0 Å². The number of nitrogens with zero attached hydrogens (tertiary/aromatic N) is 2. The van der Waals surface area contributed by atoms with Crippen LogP contribution in [0.3, 0.4) is 0 Å². The van der Waals surface area contributed by atoms with Crippen LogP contribution >= 0.6 is 23.2 Å². The summed E-state index contributed by atoms with van der Waals surface area (Å²) >= 11 is 12.4.